The van der Waals surface area contributed by atoms with Crippen LogP contribution in [0.4, 0.5) is 10.1 Å². The van der Waals surface area contributed by atoms with Crippen LogP contribution in [0.3, 0.4) is 0 Å². The van der Waals surface area contributed by atoms with Crippen LogP contribution in [-0.2, 0) is 4.79 Å². The van der Waals surface area contributed by atoms with Gasteiger partial charge in [-0.25, -0.2) is 9.37 Å². The smallest absolute Gasteiger partial charge is 0.221 e. The maximum Gasteiger partial charge on any atom is 0.221 e. The van der Waals surface area contributed by atoms with Gasteiger partial charge in [-0.15, -0.1) is 0 Å². The number of nitrogens with zero attached hydrogens (tertiary/aromatic N) is 2. The van der Waals surface area contributed by atoms with Crippen molar-refractivity contribution in [2.24, 2.45) is 0 Å². The highest BCUT2D eigenvalue weighted by molar-refractivity contribution is 9.10. The molecule has 0 unspecified atom stereocenters. The van der Waals surface area contributed by atoms with Gasteiger partial charge >= 0.3 is 0 Å². The summed E-state index contributed by atoms with van der Waals surface area (Å²) >= 11 is 3.40. The first-order valence-corrected chi connectivity index (χ1v) is 7.04. The number of benzene rings is 1. The van der Waals surface area contributed by atoms with E-state index >= 15 is 0 Å². The van der Waals surface area contributed by atoms with Crippen molar-refractivity contribution < 1.29 is 9.18 Å². The number of pyridine rings is 1. The first-order chi connectivity index (χ1) is 10.0. The summed E-state index contributed by atoms with van der Waals surface area (Å²) in [4.78, 5) is 15.6. The van der Waals surface area contributed by atoms with E-state index in [1.165, 1.54) is 19.1 Å². The molecule has 0 aliphatic rings. The predicted molar refractivity (Wildman–Crippen MR) is 82.6 cm³/mol. The Morgan fingerprint density at radius 2 is 2.14 bits per heavy atom. The van der Waals surface area contributed by atoms with Crippen molar-refractivity contribution in [3.05, 3.63) is 53.1 Å². The average molecular weight is 348 g/mol. The van der Waals surface area contributed by atoms with Gasteiger partial charge in [0.15, 0.2) is 5.65 Å². The molecule has 0 radical (unpaired) electrons. The fourth-order valence-corrected chi connectivity index (χ4v) is 2.54. The standard InChI is InChI=1S/C15H11BrFN3O/c1-9(21)19-13-6-11(10-3-2-4-12(17)5-10)8-20-14(16)7-18-15(13)20/h2-8H,1H3,(H,19,21). The van der Waals surface area contributed by atoms with Crippen molar-refractivity contribution in [3.8, 4) is 11.1 Å². The Balaban J connectivity index is 2.23. The van der Waals surface area contributed by atoms with Crippen LogP contribution in [0.15, 0.2) is 47.3 Å². The zero-order valence-electron chi connectivity index (χ0n) is 11.1. The Morgan fingerprint density at radius 1 is 1.33 bits per heavy atom. The van der Waals surface area contributed by atoms with E-state index in [9.17, 15) is 9.18 Å². The van der Waals surface area contributed by atoms with Crippen molar-refractivity contribution in [1.29, 1.82) is 0 Å². The number of fused-ring (bicyclic) bond motifs is 1. The lowest BCUT2D eigenvalue weighted by atomic mass is 10.1. The second-order valence-corrected chi connectivity index (χ2v) is 5.42. The Morgan fingerprint density at radius 3 is 2.86 bits per heavy atom. The van der Waals surface area contributed by atoms with Crippen LogP contribution < -0.4 is 5.32 Å². The number of anilines is 1. The topological polar surface area (TPSA) is 46.4 Å². The van der Waals surface area contributed by atoms with Crippen LogP contribution in [0.5, 0.6) is 0 Å². The third-order valence-electron chi connectivity index (χ3n) is 3.03. The van der Waals surface area contributed by atoms with Crippen LogP contribution >= 0.6 is 15.9 Å². The molecule has 2 aromatic heterocycles. The van der Waals surface area contributed by atoms with E-state index in [0.717, 1.165) is 15.7 Å². The van der Waals surface area contributed by atoms with Gasteiger partial charge in [-0.05, 0) is 39.7 Å². The van der Waals surface area contributed by atoms with Gasteiger partial charge in [-0.1, -0.05) is 12.1 Å². The lowest BCUT2D eigenvalue weighted by Gasteiger charge is -2.09. The highest BCUT2D eigenvalue weighted by Gasteiger charge is 2.11. The van der Waals surface area contributed by atoms with E-state index in [1.54, 1.807) is 22.7 Å². The molecule has 0 aliphatic heterocycles. The molecule has 106 valence electrons. The molecule has 1 aromatic carbocycles. The second-order valence-electron chi connectivity index (χ2n) is 4.61. The molecular formula is C15H11BrFN3O. The monoisotopic (exact) mass is 347 g/mol. The number of carbonyl (C=O) groups excluding carboxylic acids is 1. The SMILES string of the molecule is CC(=O)Nc1cc(-c2cccc(F)c2)cn2c(Br)cnc12. The van der Waals surface area contributed by atoms with Gasteiger partial charge in [0.25, 0.3) is 0 Å². The van der Waals surface area contributed by atoms with E-state index in [4.69, 9.17) is 0 Å². The Kier molecular flexibility index (Phi) is 3.47. The van der Waals surface area contributed by atoms with Crippen LogP contribution in [-0.4, -0.2) is 15.3 Å². The van der Waals surface area contributed by atoms with E-state index in [-0.39, 0.29) is 11.7 Å². The number of halogens is 2. The quantitative estimate of drug-likeness (QED) is 0.764. The van der Waals surface area contributed by atoms with Gasteiger partial charge in [-0.2, -0.15) is 0 Å². The minimum atomic E-state index is -0.307. The molecule has 2 heterocycles. The second kappa shape index (κ2) is 5.29. The highest BCUT2D eigenvalue weighted by Crippen LogP contribution is 2.28. The number of imidazole rings is 1. The molecular weight excluding hydrogens is 337 g/mol. The Bertz CT molecular complexity index is 844. The lowest BCUT2D eigenvalue weighted by Crippen LogP contribution is -2.07. The van der Waals surface area contributed by atoms with Gasteiger partial charge < -0.3 is 5.32 Å². The molecule has 1 amide bonds. The summed E-state index contributed by atoms with van der Waals surface area (Å²) in [6.45, 7) is 1.43. The summed E-state index contributed by atoms with van der Waals surface area (Å²) in [7, 11) is 0. The summed E-state index contributed by atoms with van der Waals surface area (Å²) in [5, 5.41) is 2.75. The highest BCUT2D eigenvalue weighted by atomic mass is 79.9. The summed E-state index contributed by atoms with van der Waals surface area (Å²) in [5.74, 6) is -0.495. The van der Waals surface area contributed by atoms with Crippen LogP contribution in [0.1, 0.15) is 6.92 Å². The number of amides is 1. The summed E-state index contributed by atoms with van der Waals surface area (Å²) in [6.07, 6.45) is 3.49. The van der Waals surface area contributed by atoms with Crippen molar-refractivity contribution >= 4 is 33.2 Å². The van der Waals surface area contributed by atoms with Crippen molar-refractivity contribution in [1.82, 2.24) is 9.38 Å². The zero-order valence-corrected chi connectivity index (χ0v) is 12.7. The molecule has 0 fully saturated rings. The number of hydrogen-bond donors (Lipinski definition) is 1. The molecule has 0 spiro atoms. The Labute approximate surface area is 128 Å². The number of aromatic nitrogens is 2. The molecule has 0 atom stereocenters. The number of rotatable bonds is 2. The minimum absolute atomic E-state index is 0.188. The molecule has 3 aromatic rings. The van der Waals surface area contributed by atoms with Gasteiger partial charge in [0.05, 0.1) is 11.9 Å². The van der Waals surface area contributed by atoms with Gasteiger partial charge in [0.1, 0.15) is 10.4 Å². The number of nitrogens with one attached hydrogen (secondary N) is 1. The van der Waals surface area contributed by atoms with E-state index in [2.05, 4.69) is 26.2 Å². The van der Waals surface area contributed by atoms with E-state index in [1.807, 2.05) is 12.3 Å². The normalized spacial score (nSPS) is 10.8. The predicted octanol–water partition coefficient (Wildman–Crippen LogP) is 3.86. The average Bonchev–Trinajstić information content (AvgIpc) is 2.80. The first-order valence-electron chi connectivity index (χ1n) is 6.25. The molecule has 3 rings (SSSR count). The van der Waals surface area contributed by atoms with Gasteiger partial charge in [0, 0.05) is 18.7 Å². The fourth-order valence-electron chi connectivity index (χ4n) is 2.17. The molecule has 0 saturated carbocycles. The lowest BCUT2D eigenvalue weighted by molar-refractivity contribution is -0.114. The maximum atomic E-state index is 13.4. The molecule has 21 heavy (non-hydrogen) atoms. The first kappa shape index (κ1) is 13.8. The van der Waals surface area contributed by atoms with Crippen LogP contribution in [0, 0.1) is 5.82 Å². The van der Waals surface area contributed by atoms with Crippen molar-refractivity contribution in [2.75, 3.05) is 5.32 Å². The van der Waals surface area contributed by atoms with Gasteiger partial charge in [-0.3, -0.25) is 9.20 Å². The molecule has 4 nitrogen and oxygen atoms in total. The summed E-state index contributed by atoms with van der Waals surface area (Å²) < 4.78 is 15.9. The molecule has 1 N–H and O–H groups in total. The van der Waals surface area contributed by atoms with Crippen LogP contribution in [0.25, 0.3) is 16.8 Å². The Hall–Kier alpha value is -2.21. The number of hydrogen-bond acceptors (Lipinski definition) is 2. The maximum absolute atomic E-state index is 13.4. The van der Waals surface area contributed by atoms with Gasteiger partial charge in [0.2, 0.25) is 5.91 Å². The molecule has 0 bridgehead atoms. The van der Waals surface area contributed by atoms with Crippen LogP contribution in [0.2, 0.25) is 0 Å². The molecule has 0 aliphatic carbocycles. The third kappa shape index (κ3) is 2.67. The van der Waals surface area contributed by atoms with Crippen molar-refractivity contribution in [3.63, 3.8) is 0 Å². The molecule has 0 saturated heterocycles. The fraction of sp³-hybridized carbons (Fsp3) is 0.0667. The summed E-state index contributed by atoms with van der Waals surface area (Å²) in [5.41, 5.74) is 2.71. The minimum Gasteiger partial charge on any atom is -0.323 e. The van der Waals surface area contributed by atoms with E-state index in [0.29, 0.717) is 11.3 Å². The van der Waals surface area contributed by atoms with E-state index < -0.39 is 0 Å². The largest absolute Gasteiger partial charge is 0.323 e. The molecule has 6 heteroatoms. The zero-order chi connectivity index (χ0) is 15.0. The van der Waals surface area contributed by atoms with Crippen molar-refractivity contribution in [2.45, 2.75) is 6.92 Å². The third-order valence-corrected chi connectivity index (χ3v) is 3.62. The number of carbonyl (C=O) groups is 1. The summed E-state index contributed by atoms with van der Waals surface area (Å²) in [6, 6.07) is 8.08.